The molecule has 3 rings (SSSR count). The molecule has 1 aliphatic rings. The van der Waals surface area contributed by atoms with E-state index in [1.165, 1.54) is 11.1 Å². The Bertz CT molecular complexity index is 691. The Hall–Kier alpha value is -1.91. The third kappa shape index (κ3) is 4.20. The number of benzene rings is 2. The van der Waals surface area contributed by atoms with Gasteiger partial charge < -0.3 is 20.1 Å². The van der Waals surface area contributed by atoms with E-state index in [-0.39, 0.29) is 18.4 Å². The van der Waals surface area contributed by atoms with Crippen molar-refractivity contribution in [1.29, 1.82) is 0 Å². The fraction of sp³-hybridized carbons (Fsp3) is 0.400. The average molecular weight is 363 g/mol. The van der Waals surface area contributed by atoms with Crippen molar-refractivity contribution in [2.75, 3.05) is 32.2 Å². The van der Waals surface area contributed by atoms with Gasteiger partial charge in [0.15, 0.2) is 11.5 Å². The van der Waals surface area contributed by atoms with Crippen molar-refractivity contribution in [1.82, 2.24) is 0 Å². The van der Waals surface area contributed by atoms with Crippen molar-refractivity contribution < 1.29 is 9.47 Å². The molecular weight excluding hydrogens is 336 g/mol. The highest BCUT2D eigenvalue weighted by Gasteiger charge is 2.28. The van der Waals surface area contributed by atoms with Gasteiger partial charge in [-0.2, -0.15) is 0 Å². The molecule has 2 aromatic carbocycles. The molecule has 0 aromatic heterocycles. The van der Waals surface area contributed by atoms with Crippen molar-refractivity contribution >= 4 is 18.1 Å². The number of halogens is 1. The molecular formula is C20H27ClN2O2. The van der Waals surface area contributed by atoms with Gasteiger partial charge in [0.1, 0.15) is 0 Å². The summed E-state index contributed by atoms with van der Waals surface area (Å²) in [5.74, 6) is 1.86. The lowest BCUT2D eigenvalue weighted by Crippen LogP contribution is -2.45. The van der Waals surface area contributed by atoms with E-state index < -0.39 is 0 Å². The summed E-state index contributed by atoms with van der Waals surface area (Å²) in [5.41, 5.74) is 10.2. The van der Waals surface area contributed by atoms with Crippen LogP contribution in [0.25, 0.3) is 0 Å². The maximum absolute atomic E-state index is 6.42. The first kappa shape index (κ1) is 19.4. The molecule has 0 radical (unpaired) electrons. The van der Waals surface area contributed by atoms with Gasteiger partial charge in [0.05, 0.1) is 14.2 Å². The number of hydrogen-bond acceptors (Lipinski definition) is 4. The molecule has 2 unspecified atom stereocenters. The number of anilines is 1. The third-order valence-electron chi connectivity index (χ3n) is 4.90. The number of aryl methyl sites for hydroxylation is 1. The van der Waals surface area contributed by atoms with Gasteiger partial charge in [-0.3, -0.25) is 0 Å². The maximum atomic E-state index is 6.42. The van der Waals surface area contributed by atoms with Crippen molar-refractivity contribution in [3.8, 4) is 11.5 Å². The van der Waals surface area contributed by atoms with E-state index in [1.807, 2.05) is 12.1 Å². The summed E-state index contributed by atoms with van der Waals surface area (Å²) in [7, 11) is 3.33. The molecule has 0 bridgehead atoms. The van der Waals surface area contributed by atoms with E-state index >= 15 is 0 Å². The first-order valence-electron chi connectivity index (χ1n) is 8.41. The predicted molar refractivity (Wildman–Crippen MR) is 106 cm³/mol. The van der Waals surface area contributed by atoms with Crippen LogP contribution in [0.2, 0.25) is 0 Å². The van der Waals surface area contributed by atoms with E-state index in [4.69, 9.17) is 15.2 Å². The highest BCUT2D eigenvalue weighted by molar-refractivity contribution is 5.85. The molecule has 25 heavy (non-hydrogen) atoms. The van der Waals surface area contributed by atoms with Gasteiger partial charge in [0.25, 0.3) is 0 Å². The fourth-order valence-electron chi connectivity index (χ4n) is 3.39. The Morgan fingerprint density at radius 2 is 1.68 bits per heavy atom. The van der Waals surface area contributed by atoms with Crippen molar-refractivity contribution in [2.45, 2.75) is 25.3 Å². The lowest BCUT2D eigenvalue weighted by Gasteiger charge is -2.38. The van der Waals surface area contributed by atoms with Crippen LogP contribution < -0.4 is 20.1 Å². The minimum absolute atomic E-state index is 0. The molecule has 1 heterocycles. The van der Waals surface area contributed by atoms with Crippen LogP contribution in [0.4, 0.5) is 5.69 Å². The van der Waals surface area contributed by atoms with Gasteiger partial charge >= 0.3 is 0 Å². The van der Waals surface area contributed by atoms with Crippen LogP contribution in [0.15, 0.2) is 42.5 Å². The Morgan fingerprint density at radius 3 is 2.32 bits per heavy atom. The number of ether oxygens (including phenoxy) is 2. The topological polar surface area (TPSA) is 47.7 Å². The van der Waals surface area contributed by atoms with Gasteiger partial charge in [-0.05, 0) is 31.0 Å². The number of hydrogen-bond donors (Lipinski definition) is 1. The lowest BCUT2D eigenvalue weighted by atomic mass is 9.86. The first-order valence-corrected chi connectivity index (χ1v) is 8.41. The second-order valence-corrected chi connectivity index (χ2v) is 6.46. The minimum Gasteiger partial charge on any atom is -0.493 e. The molecule has 0 spiro atoms. The second kappa shape index (κ2) is 8.45. The molecule has 1 fully saturated rings. The van der Waals surface area contributed by atoms with Crippen molar-refractivity contribution in [3.05, 3.63) is 53.6 Å². The summed E-state index contributed by atoms with van der Waals surface area (Å²) in [5, 5.41) is 0. The Labute approximate surface area is 156 Å². The van der Waals surface area contributed by atoms with E-state index in [2.05, 4.69) is 42.2 Å². The van der Waals surface area contributed by atoms with E-state index in [0.717, 1.165) is 36.7 Å². The zero-order valence-corrected chi connectivity index (χ0v) is 15.9. The summed E-state index contributed by atoms with van der Waals surface area (Å²) in [6, 6.07) is 15.0. The van der Waals surface area contributed by atoms with Crippen LogP contribution in [0.1, 0.15) is 23.5 Å². The summed E-state index contributed by atoms with van der Waals surface area (Å²) < 4.78 is 10.8. The molecule has 0 saturated carbocycles. The number of methoxy groups -OCH3 is 2. The van der Waals surface area contributed by atoms with E-state index in [0.29, 0.717) is 5.92 Å². The van der Waals surface area contributed by atoms with E-state index in [1.54, 1.807) is 14.2 Å². The van der Waals surface area contributed by atoms with Crippen LogP contribution in [0, 0.1) is 6.92 Å². The molecule has 5 heteroatoms. The van der Waals surface area contributed by atoms with E-state index in [9.17, 15) is 0 Å². The molecule has 4 nitrogen and oxygen atoms in total. The number of rotatable bonds is 4. The van der Waals surface area contributed by atoms with Gasteiger partial charge in [0.2, 0.25) is 0 Å². The summed E-state index contributed by atoms with van der Waals surface area (Å²) in [6.45, 7) is 3.99. The Kier molecular flexibility index (Phi) is 6.57. The molecule has 1 saturated heterocycles. The molecule has 2 atom stereocenters. The smallest absolute Gasteiger partial charge is 0.162 e. The molecule has 1 aliphatic heterocycles. The highest BCUT2D eigenvalue weighted by atomic mass is 35.5. The Morgan fingerprint density at radius 1 is 1.00 bits per heavy atom. The van der Waals surface area contributed by atoms with Gasteiger partial charge in [0, 0.05) is 36.8 Å². The largest absolute Gasteiger partial charge is 0.493 e. The summed E-state index contributed by atoms with van der Waals surface area (Å²) >= 11 is 0. The highest BCUT2D eigenvalue weighted by Crippen LogP contribution is 2.35. The fourth-order valence-corrected chi connectivity index (χ4v) is 3.39. The standard InChI is InChI=1S/C20H26N2O2.ClH/c1-14-4-6-15(7-5-14)17-13-22(11-10-18(17)21)16-8-9-19(23-2)20(12-16)24-3;/h4-9,12,17-18H,10-11,13,21H2,1-3H3;1H. The number of nitrogens with zero attached hydrogens (tertiary/aromatic N) is 1. The average Bonchev–Trinajstić information content (AvgIpc) is 2.62. The van der Waals surface area contributed by atoms with Crippen LogP contribution in [0.3, 0.4) is 0 Å². The van der Waals surface area contributed by atoms with Crippen LogP contribution in [-0.4, -0.2) is 33.4 Å². The number of piperidine rings is 1. The first-order chi connectivity index (χ1) is 11.6. The van der Waals surface area contributed by atoms with Crippen LogP contribution in [0.5, 0.6) is 11.5 Å². The van der Waals surface area contributed by atoms with Gasteiger partial charge in [-0.15, -0.1) is 12.4 Å². The summed E-state index contributed by atoms with van der Waals surface area (Å²) in [6.07, 6.45) is 0.979. The van der Waals surface area contributed by atoms with Crippen molar-refractivity contribution in [2.24, 2.45) is 5.73 Å². The maximum Gasteiger partial charge on any atom is 0.162 e. The number of nitrogens with two attached hydrogens (primary N) is 1. The molecule has 2 aromatic rings. The lowest BCUT2D eigenvalue weighted by molar-refractivity contribution is 0.354. The quantitative estimate of drug-likeness (QED) is 0.899. The van der Waals surface area contributed by atoms with Crippen molar-refractivity contribution in [3.63, 3.8) is 0 Å². The van der Waals surface area contributed by atoms with Gasteiger partial charge in [-0.1, -0.05) is 29.8 Å². The van der Waals surface area contributed by atoms with Crippen LogP contribution in [-0.2, 0) is 0 Å². The molecule has 0 aliphatic carbocycles. The molecule has 0 amide bonds. The SMILES string of the molecule is COc1ccc(N2CCC(N)C(c3ccc(C)cc3)C2)cc1OC.Cl. The molecule has 2 N–H and O–H groups in total. The molecule has 136 valence electrons. The zero-order chi connectivity index (χ0) is 17.1. The van der Waals surface area contributed by atoms with Crippen LogP contribution >= 0.6 is 12.4 Å². The second-order valence-electron chi connectivity index (χ2n) is 6.46. The third-order valence-corrected chi connectivity index (χ3v) is 4.90. The summed E-state index contributed by atoms with van der Waals surface area (Å²) in [4.78, 5) is 2.38. The Balaban J connectivity index is 0.00000225. The minimum atomic E-state index is 0. The normalized spacial score (nSPS) is 19.9. The zero-order valence-electron chi connectivity index (χ0n) is 15.1. The predicted octanol–water partition coefficient (Wildman–Crippen LogP) is 3.76. The van der Waals surface area contributed by atoms with Gasteiger partial charge in [-0.25, -0.2) is 0 Å². The monoisotopic (exact) mass is 362 g/mol.